The molecule has 2 aromatic heterocycles. The van der Waals surface area contributed by atoms with Gasteiger partial charge in [0.15, 0.2) is 0 Å². The Morgan fingerprint density at radius 3 is 2.35 bits per heavy atom. The van der Waals surface area contributed by atoms with Crippen molar-refractivity contribution >= 4 is 0 Å². The van der Waals surface area contributed by atoms with Crippen LogP contribution in [0.1, 0.15) is 22.6 Å². The predicted molar refractivity (Wildman–Crippen MR) is 62.6 cm³/mol. The molecule has 2 rings (SSSR count). The lowest BCUT2D eigenvalue weighted by Gasteiger charge is -2.06. The lowest BCUT2D eigenvalue weighted by molar-refractivity contribution is 0.278. The maximum Gasteiger partial charge on any atom is 0.316 e. The standard InChI is InChI=1S/C12H14N4O/c1-8-4-14-12(15-5-8)17-7-11-6-13-10(3)16-9(11)2/h4-6H,7H2,1-3H3. The fourth-order valence-electron chi connectivity index (χ4n) is 1.35. The summed E-state index contributed by atoms with van der Waals surface area (Å²) in [6.07, 6.45) is 5.22. The summed E-state index contributed by atoms with van der Waals surface area (Å²) >= 11 is 0. The molecule has 88 valence electrons. The molecule has 5 heteroatoms. The molecule has 0 fully saturated rings. The molecule has 17 heavy (non-hydrogen) atoms. The van der Waals surface area contributed by atoms with Gasteiger partial charge in [0.05, 0.1) is 0 Å². The Balaban J connectivity index is 2.04. The van der Waals surface area contributed by atoms with Crippen LogP contribution >= 0.6 is 0 Å². The quantitative estimate of drug-likeness (QED) is 0.804. The molecule has 0 atom stereocenters. The Bertz CT molecular complexity index is 510. The van der Waals surface area contributed by atoms with E-state index in [1.54, 1.807) is 18.6 Å². The summed E-state index contributed by atoms with van der Waals surface area (Å²) < 4.78 is 5.47. The molecule has 0 amide bonds. The van der Waals surface area contributed by atoms with E-state index < -0.39 is 0 Å². The van der Waals surface area contributed by atoms with Gasteiger partial charge in [0, 0.05) is 29.8 Å². The van der Waals surface area contributed by atoms with Crippen molar-refractivity contribution in [3.8, 4) is 6.01 Å². The van der Waals surface area contributed by atoms with Gasteiger partial charge in [-0.1, -0.05) is 0 Å². The van der Waals surface area contributed by atoms with Crippen LogP contribution in [-0.2, 0) is 6.61 Å². The zero-order chi connectivity index (χ0) is 12.3. The third kappa shape index (κ3) is 2.96. The van der Waals surface area contributed by atoms with Gasteiger partial charge in [-0.05, 0) is 26.3 Å². The molecule has 0 aliphatic heterocycles. The van der Waals surface area contributed by atoms with Gasteiger partial charge in [-0.15, -0.1) is 0 Å². The normalized spacial score (nSPS) is 10.3. The van der Waals surface area contributed by atoms with Crippen molar-refractivity contribution in [2.45, 2.75) is 27.4 Å². The highest BCUT2D eigenvalue weighted by atomic mass is 16.5. The molecule has 2 aromatic rings. The average molecular weight is 230 g/mol. The van der Waals surface area contributed by atoms with E-state index in [0.717, 1.165) is 22.6 Å². The Labute approximate surface area is 99.9 Å². The van der Waals surface area contributed by atoms with Gasteiger partial charge in [0.25, 0.3) is 0 Å². The number of ether oxygens (including phenoxy) is 1. The van der Waals surface area contributed by atoms with Crippen molar-refractivity contribution in [1.29, 1.82) is 0 Å². The fourth-order valence-corrected chi connectivity index (χ4v) is 1.35. The van der Waals surface area contributed by atoms with E-state index in [1.165, 1.54) is 0 Å². The fraction of sp³-hybridized carbons (Fsp3) is 0.333. The number of nitrogens with zero attached hydrogens (tertiary/aromatic N) is 4. The van der Waals surface area contributed by atoms with E-state index in [1.807, 2.05) is 20.8 Å². The van der Waals surface area contributed by atoms with E-state index in [0.29, 0.717) is 12.6 Å². The van der Waals surface area contributed by atoms with Crippen LogP contribution in [0.5, 0.6) is 6.01 Å². The van der Waals surface area contributed by atoms with Gasteiger partial charge in [-0.25, -0.2) is 19.9 Å². The van der Waals surface area contributed by atoms with Crippen molar-refractivity contribution < 1.29 is 4.74 Å². The monoisotopic (exact) mass is 230 g/mol. The van der Waals surface area contributed by atoms with E-state index in [-0.39, 0.29) is 0 Å². The molecule has 0 saturated carbocycles. The Hall–Kier alpha value is -2.04. The SMILES string of the molecule is Cc1cnc(OCc2cnc(C)nc2C)nc1. The van der Waals surface area contributed by atoms with Crippen LogP contribution in [0.3, 0.4) is 0 Å². The molecule has 0 N–H and O–H groups in total. The van der Waals surface area contributed by atoms with Gasteiger partial charge in [-0.3, -0.25) is 0 Å². The third-order valence-corrected chi connectivity index (χ3v) is 2.32. The maximum absolute atomic E-state index is 5.47. The smallest absolute Gasteiger partial charge is 0.316 e. The lowest BCUT2D eigenvalue weighted by Crippen LogP contribution is -2.04. The van der Waals surface area contributed by atoms with Gasteiger partial charge in [0.2, 0.25) is 0 Å². The van der Waals surface area contributed by atoms with Crippen molar-refractivity contribution in [1.82, 2.24) is 19.9 Å². The zero-order valence-corrected chi connectivity index (χ0v) is 10.1. The molecule has 5 nitrogen and oxygen atoms in total. The van der Waals surface area contributed by atoms with Gasteiger partial charge >= 0.3 is 6.01 Å². The minimum absolute atomic E-state index is 0.371. The highest BCUT2D eigenvalue weighted by Crippen LogP contribution is 2.08. The Morgan fingerprint density at radius 1 is 1.00 bits per heavy atom. The van der Waals surface area contributed by atoms with Crippen LogP contribution in [0.2, 0.25) is 0 Å². The lowest BCUT2D eigenvalue weighted by atomic mass is 10.2. The van der Waals surface area contributed by atoms with Crippen LogP contribution in [0.4, 0.5) is 0 Å². The minimum atomic E-state index is 0.371. The summed E-state index contributed by atoms with van der Waals surface area (Å²) in [6.45, 7) is 6.11. The minimum Gasteiger partial charge on any atom is -0.458 e. The molecular formula is C12H14N4O. The van der Waals surface area contributed by atoms with Crippen LogP contribution in [0.15, 0.2) is 18.6 Å². The van der Waals surface area contributed by atoms with Crippen molar-refractivity contribution in [3.05, 3.63) is 41.2 Å². The van der Waals surface area contributed by atoms with E-state index in [4.69, 9.17) is 4.74 Å². The number of aryl methyl sites for hydroxylation is 3. The van der Waals surface area contributed by atoms with E-state index >= 15 is 0 Å². The van der Waals surface area contributed by atoms with Crippen LogP contribution in [0, 0.1) is 20.8 Å². The molecule has 0 aliphatic carbocycles. The Kier molecular flexibility index (Phi) is 3.27. The summed E-state index contributed by atoms with van der Waals surface area (Å²) in [6, 6.07) is 0.371. The number of hydrogen-bond acceptors (Lipinski definition) is 5. The molecule has 0 saturated heterocycles. The molecule has 0 aliphatic rings. The van der Waals surface area contributed by atoms with Crippen molar-refractivity contribution in [2.75, 3.05) is 0 Å². The summed E-state index contributed by atoms with van der Waals surface area (Å²) in [7, 11) is 0. The Morgan fingerprint density at radius 2 is 1.71 bits per heavy atom. The number of aromatic nitrogens is 4. The summed E-state index contributed by atoms with van der Waals surface area (Å²) in [4.78, 5) is 16.5. The van der Waals surface area contributed by atoms with Crippen LogP contribution < -0.4 is 4.74 Å². The topological polar surface area (TPSA) is 60.8 Å². The first kappa shape index (κ1) is 11.4. The average Bonchev–Trinajstić information content (AvgIpc) is 2.30. The van der Waals surface area contributed by atoms with Gasteiger partial charge < -0.3 is 4.74 Å². The van der Waals surface area contributed by atoms with Crippen LogP contribution in [0.25, 0.3) is 0 Å². The van der Waals surface area contributed by atoms with E-state index in [9.17, 15) is 0 Å². The molecule has 2 heterocycles. The summed E-state index contributed by atoms with van der Waals surface area (Å²) in [5, 5.41) is 0. The maximum atomic E-state index is 5.47. The first-order valence-electron chi connectivity index (χ1n) is 5.36. The highest BCUT2D eigenvalue weighted by molar-refractivity contribution is 5.15. The van der Waals surface area contributed by atoms with E-state index in [2.05, 4.69) is 19.9 Å². The first-order chi connectivity index (χ1) is 8.15. The summed E-state index contributed by atoms with van der Waals surface area (Å²) in [5.41, 5.74) is 2.87. The van der Waals surface area contributed by atoms with Gasteiger partial charge in [0.1, 0.15) is 12.4 Å². The number of hydrogen-bond donors (Lipinski definition) is 0. The first-order valence-corrected chi connectivity index (χ1v) is 5.36. The third-order valence-electron chi connectivity index (χ3n) is 2.32. The molecule has 0 unspecified atom stereocenters. The zero-order valence-electron chi connectivity index (χ0n) is 10.1. The molecule has 0 radical (unpaired) electrons. The molecule has 0 bridgehead atoms. The largest absolute Gasteiger partial charge is 0.458 e. The number of rotatable bonds is 3. The van der Waals surface area contributed by atoms with Crippen LogP contribution in [-0.4, -0.2) is 19.9 Å². The second-order valence-electron chi connectivity index (χ2n) is 3.86. The van der Waals surface area contributed by atoms with Gasteiger partial charge in [-0.2, -0.15) is 0 Å². The molecule has 0 spiro atoms. The highest BCUT2D eigenvalue weighted by Gasteiger charge is 2.03. The second-order valence-corrected chi connectivity index (χ2v) is 3.86. The van der Waals surface area contributed by atoms with Crippen molar-refractivity contribution in [2.24, 2.45) is 0 Å². The molecular weight excluding hydrogens is 216 g/mol. The molecule has 0 aromatic carbocycles. The predicted octanol–water partition coefficient (Wildman–Crippen LogP) is 1.77. The summed E-state index contributed by atoms with van der Waals surface area (Å²) in [5.74, 6) is 0.762. The second kappa shape index (κ2) is 4.86. The van der Waals surface area contributed by atoms with Crippen molar-refractivity contribution in [3.63, 3.8) is 0 Å².